The van der Waals surface area contributed by atoms with Gasteiger partial charge in [-0.2, -0.15) is 0 Å². The van der Waals surface area contributed by atoms with Gasteiger partial charge < -0.3 is 9.64 Å². The highest BCUT2D eigenvalue weighted by atomic mass is 35.5. The molecule has 0 aliphatic rings. The molecule has 0 spiro atoms. The van der Waals surface area contributed by atoms with Gasteiger partial charge in [0.05, 0.1) is 12.0 Å². The van der Waals surface area contributed by atoms with Crippen LogP contribution in [0.3, 0.4) is 0 Å². The summed E-state index contributed by atoms with van der Waals surface area (Å²) in [6.45, 7) is 1.92. The van der Waals surface area contributed by atoms with Crippen molar-refractivity contribution >= 4 is 34.8 Å². The van der Waals surface area contributed by atoms with Crippen molar-refractivity contribution in [3.05, 3.63) is 33.8 Å². The van der Waals surface area contributed by atoms with E-state index in [1.165, 1.54) is 0 Å². The van der Waals surface area contributed by atoms with Gasteiger partial charge >= 0.3 is 0 Å². The number of halogens is 3. The predicted molar refractivity (Wildman–Crippen MR) is 74.3 cm³/mol. The van der Waals surface area contributed by atoms with E-state index in [0.29, 0.717) is 23.2 Å². The molecule has 0 heterocycles. The van der Waals surface area contributed by atoms with Gasteiger partial charge in [-0.3, -0.25) is 0 Å². The van der Waals surface area contributed by atoms with E-state index < -0.39 is 0 Å². The second-order valence-corrected chi connectivity index (χ2v) is 5.38. The lowest BCUT2D eigenvalue weighted by Crippen LogP contribution is -2.28. The Balaban J connectivity index is 2.59. The second kappa shape index (κ2) is 7.45. The molecule has 5 heteroatoms. The monoisotopic (exact) mass is 295 g/mol. The number of hydrogen-bond acceptors (Lipinski definition) is 2. The number of methoxy groups -OCH3 is 1. The fourth-order valence-corrected chi connectivity index (χ4v) is 2.47. The summed E-state index contributed by atoms with van der Waals surface area (Å²) in [6.07, 6.45) is 0. The Bertz CT molecular complexity index is 339. The molecule has 0 N–H and O–H groups in total. The molecule has 0 fully saturated rings. The zero-order chi connectivity index (χ0) is 12.8. The zero-order valence-electron chi connectivity index (χ0n) is 9.92. The molecule has 0 amide bonds. The van der Waals surface area contributed by atoms with Crippen LogP contribution in [0.15, 0.2) is 18.2 Å². The fraction of sp³-hybridized carbons (Fsp3) is 0.500. The maximum atomic E-state index is 6.10. The standard InChI is InChI=1S/C12H16Cl3NO/c1-16(6-9(13)8-17-2)7-10-11(14)4-3-5-12(10)15/h3-5,9H,6-8H2,1-2H3. The lowest BCUT2D eigenvalue weighted by molar-refractivity contribution is 0.181. The summed E-state index contributed by atoms with van der Waals surface area (Å²) >= 11 is 18.3. The van der Waals surface area contributed by atoms with Crippen LogP contribution in [0, 0.1) is 0 Å². The molecule has 2 nitrogen and oxygen atoms in total. The summed E-state index contributed by atoms with van der Waals surface area (Å²) < 4.78 is 4.99. The summed E-state index contributed by atoms with van der Waals surface area (Å²) in [5, 5.41) is 1.33. The Morgan fingerprint density at radius 1 is 1.29 bits per heavy atom. The van der Waals surface area contributed by atoms with E-state index in [4.69, 9.17) is 39.5 Å². The van der Waals surface area contributed by atoms with Crippen molar-refractivity contribution in [1.82, 2.24) is 4.90 Å². The molecule has 0 aromatic heterocycles. The molecule has 1 aromatic carbocycles. The Morgan fingerprint density at radius 2 is 1.88 bits per heavy atom. The molecule has 1 atom stereocenters. The largest absolute Gasteiger partial charge is 0.383 e. The van der Waals surface area contributed by atoms with E-state index in [0.717, 1.165) is 12.1 Å². The molecule has 0 aliphatic heterocycles. The van der Waals surface area contributed by atoms with Crippen molar-refractivity contribution in [2.75, 3.05) is 27.3 Å². The molecule has 17 heavy (non-hydrogen) atoms. The summed E-state index contributed by atoms with van der Waals surface area (Å²) in [4.78, 5) is 2.07. The first-order valence-electron chi connectivity index (χ1n) is 5.29. The van der Waals surface area contributed by atoms with E-state index in [9.17, 15) is 0 Å². The summed E-state index contributed by atoms with van der Waals surface area (Å²) in [5.41, 5.74) is 0.930. The number of ether oxygens (including phenoxy) is 1. The van der Waals surface area contributed by atoms with Gasteiger partial charge in [0.2, 0.25) is 0 Å². The van der Waals surface area contributed by atoms with Gasteiger partial charge in [0.25, 0.3) is 0 Å². The summed E-state index contributed by atoms with van der Waals surface area (Å²) in [7, 11) is 3.62. The van der Waals surface area contributed by atoms with Crippen molar-refractivity contribution in [3.63, 3.8) is 0 Å². The summed E-state index contributed by atoms with van der Waals surface area (Å²) in [5.74, 6) is 0. The number of alkyl halides is 1. The Kier molecular flexibility index (Phi) is 6.60. The van der Waals surface area contributed by atoms with Crippen LogP contribution >= 0.6 is 34.8 Å². The van der Waals surface area contributed by atoms with Gasteiger partial charge in [0, 0.05) is 35.8 Å². The van der Waals surface area contributed by atoms with Crippen molar-refractivity contribution < 1.29 is 4.74 Å². The molecule has 0 bridgehead atoms. The SMILES string of the molecule is COCC(Cl)CN(C)Cc1c(Cl)cccc1Cl. The minimum atomic E-state index is -0.0359. The molecular formula is C12H16Cl3NO. The molecule has 1 rings (SSSR count). The molecular weight excluding hydrogens is 280 g/mol. The third-order valence-electron chi connectivity index (χ3n) is 2.35. The van der Waals surface area contributed by atoms with Gasteiger partial charge in [-0.05, 0) is 19.2 Å². The molecule has 1 unspecified atom stereocenters. The minimum Gasteiger partial charge on any atom is -0.383 e. The number of hydrogen-bond donors (Lipinski definition) is 0. The Labute approximate surface area is 117 Å². The van der Waals surface area contributed by atoms with Crippen molar-refractivity contribution in [3.8, 4) is 0 Å². The zero-order valence-corrected chi connectivity index (χ0v) is 12.2. The van der Waals surface area contributed by atoms with E-state index in [2.05, 4.69) is 4.90 Å². The minimum absolute atomic E-state index is 0.0359. The van der Waals surface area contributed by atoms with E-state index in [-0.39, 0.29) is 5.38 Å². The molecule has 96 valence electrons. The summed E-state index contributed by atoms with van der Waals surface area (Å²) in [6, 6.07) is 5.51. The molecule has 0 saturated heterocycles. The Morgan fingerprint density at radius 3 is 2.41 bits per heavy atom. The van der Waals surface area contributed by atoms with Crippen LogP contribution in [0.25, 0.3) is 0 Å². The van der Waals surface area contributed by atoms with Crippen LogP contribution in [-0.4, -0.2) is 37.6 Å². The van der Waals surface area contributed by atoms with Crippen molar-refractivity contribution in [2.45, 2.75) is 11.9 Å². The van der Waals surface area contributed by atoms with Crippen molar-refractivity contribution in [1.29, 1.82) is 0 Å². The van der Waals surface area contributed by atoms with E-state index in [1.807, 2.05) is 25.2 Å². The first-order chi connectivity index (χ1) is 8.04. The van der Waals surface area contributed by atoms with E-state index >= 15 is 0 Å². The number of rotatable bonds is 6. The fourth-order valence-electron chi connectivity index (χ4n) is 1.59. The number of nitrogens with zero attached hydrogens (tertiary/aromatic N) is 1. The third kappa shape index (κ3) is 5.02. The quantitative estimate of drug-likeness (QED) is 0.743. The predicted octanol–water partition coefficient (Wildman–Crippen LogP) is 3.68. The molecule has 0 aliphatic carbocycles. The highest BCUT2D eigenvalue weighted by molar-refractivity contribution is 6.35. The maximum absolute atomic E-state index is 6.10. The highest BCUT2D eigenvalue weighted by Gasteiger charge is 2.12. The normalized spacial score (nSPS) is 13.1. The molecule has 0 radical (unpaired) electrons. The lowest BCUT2D eigenvalue weighted by atomic mass is 10.2. The average Bonchev–Trinajstić information content (AvgIpc) is 2.24. The van der Waals surface area contributed by atoms with Crippen LogP contribution in [0.1, 0.15) is 5.56 Å². The van der Waals surface area contributed by atoms with Crippen LogP contribution in [0.5, 0.6) is 0 Å². The molecule has 1 aromatic rings. The third-order valence-corrected chi connectivity index (χ3v) is 3.32. The average molecular weight is 297 g/mol. The van der Waals surface area contributed by atoms with Gasteiger partial charge in [-0.1, -0.05) is 29.3 Å². The van der Waals surface area contributed by atoms with Crippen LogP contribution < -0.4 is 0 Å². The lowest BCUT2D eigenvalue weighted by Gasteiger charge is -2.20. The van der Waals surface area contributed by atoms with Gasteiger partial charge in [-0.25, -0.2) is 0 Å². The smallest absolute Gasteiger partial charge is 0.0696 e. The van der Waals surface area contributed by atoms with E-state index in [1.54, 1.807) is 7.11 Å². The molecule has 0 saturated carbocycles. The van der Waals surface area contributed by atoms with Crippen LogP contribution in [-0.2, 0) is 11.3 Å². The number of benzene rings is 1. The van der Waals surface area contributed by atoms with Gasteiger partial charge in [-0.15, -0.1) is 11.6 Å². The highest BCUT2D eigenvalue weighted by Crippen LogP contribution is 2.25. The van der Waals surface area contributed by atoms with Crippen molar-refractivity contribution in [2.24, 2.45) is 0 Å². The van der Waals surface area contributed by atoms with Gasteiger partial charge in [0.1, 0.15) is 0 Å². The topological polar surface area (TPSA) is 12.5 Å². The van der Waals surface area contributed by atoms with Gasteiger partial charge in [0.15, 0.2) is 0 Å². The first-order valence-corrected chi connectivity index (χ1v) is 6.48. The Hall–Kier alpha value is 0.01000. The second-order valence-electron chi connectivity index (χ2n) is 3.95. The van der Waals surface area contributed by atoms with Crippen LogP contribution in [0.2, 0.25) is 10.0 Å². The first kappa shape index (κ1) is 15.1. The maximum Gasteiger partial charge on any atom is 0.0696 e. The van der Waals surface area contributed by atoms with Crippen LogP contribution in [0.4, 0.5) is 0 Å².